The summed E-state index contributed by atoms with van der Waals surface area (Å²) in [5.74, 6) is 0. The molecule has 0 radical (unpaired) electrons. The maximum absolute atomic E-state index is 9.73. The number of benzene rings is 1. The molecule has 2 rings (SSSR count). The lowest BCUT2D eigenvalue weighted by Gasteiger charge is -2.36. The fourth-order valence-corrected chi connectivity index (χ4v) is 3.29. The Labute approximate surface area is 123 Å². The molecule has 0 unspecified atom stereocenters. The lowest BCUT2D eigenvalue weighted by atomic mass is 9.86. The second-order valence-electron chi connectivity index (χ2n) is 7.02. The molecule has 1 fully saturated rings. The van der Waals surface area contributed by atoms with Crippen LogP contribution in [-0.4, -0.2) is 42.4 Å². The van der Waals surface area contributed by atoms with Crippen LogP contribution in [-0.2, 0) is 0 Å². The molecular formula is C17H28N2O. The summed E-state index contributed by atoms with van der Waals surface area (Å²) in [6.45, 7) is 14.2. The number of anilines is 1. The second-order valence-corrected chi connectivity index (χ2v) is 7.02. The van der Waals surface area contributed by atoms with Gasteiger partial charge in [0.2, 0.25) is 0 Å². The molecule has 0 bridgehead atoms. The third-order valence-corrected chi connectivity index (χ3v) is 4.38. The second kappa shape index (κ2) is 5.74. The largest absolute Gasteiger partial charge is 0.395 e. The van der Waals surface area contributed by atoms with Gasteiger partial charge < -0.3 is 10.0 Å². The molecule has 3 heteroatoms. The van der Waals surface area contributed by atoms with Crippen LogP contribution in [0.25, 0.3) is 0 Å². The van der Waals surface area contributed by atoms with Crippen molar-refractivity contribution < 1.29 is 5.11 Å². The van der Waals surface area contributed by atoms with Crippen LogP contribution in [0.3, 0.4) is 0 Å². The smallest absolute Gasteiger partial charge is 0.0711 e. The Hall–Kier alpha value is -1.06. The van der Waals surface area contributed by atoms with E-state index < -0.39 is 0 Å². The molecule has 0 spiro atoms. The van der Waals surface area contributed by atoms with Gasteiger partial charge in [-0.15, -0.1) is 0 Å². The summed E-state index contributed by atoms with van der Waals surface area (Å²) >= 11 is 0. The van der Waals surface area contributed by atoms with E-state index >= 15 is 0 Å². The van der Waals surface area contributed by atoms with Gasteiger partial charge in [-0.1, -0.05) is 39.0 Å². The van der Waals surface area contributed by atoms with Crippen molar-refractivity contribution in [2.24, 2.45) is 5.41 Å². The third-order valence-electron chi connectivity index (χ3n) is 4.38. The van der Waals surface area contributed by atoms with Gasteiger partial charge in [0.05, 0.1) is 13.3 Å². The summed E-state index contributed by atoms with van der Waals surface area (Å²) in [6, 6.07) is 6.70. The Morgan fingerprint density at radius 3 is 2.25 bits per heavy atom. The van der Waals surface area contributed by atoms with Gasteiger partial charge in [0.15, 0.2) is 0 Å². The molecule has 1 N–H and O–H groups in total. The van der Waals surface area contributed by atoms with E-state index in [1.807, 2.05) is 0 Å². The number of nitrogens with zero attached hydrogens (tertiary/aromatic N) is 2. The Bertz CT molecular complexity index is 444. The van der Waals surface area contributed by atoms with E-state index in [1.165, 1.54) is 16.8 Å². The van der Waals surface area contributed by atoms with Gasteiger partial charge >= 0.3 is 0 Å². The number of aliphatic hydroxyl groups is 1. The van der Waals surface area contributed by atoms with E-state index in [0.29, 0.717) is 0 Å². The SMILES string of the molecule is Cc1cccc(C)c1N1CCN([C@H](CO)C(C)(C)C)C1. The molecule has 0 aromatic heterocycles. The molecule has 1 aliphatic heterocycles. The Kier molecular flexibility index (Phi) is 4.40. The molecular weight excluding hydrogens is 248 g/mol. The quantitative estimate of drug-likeness (QED) is 0.919. The Morgan fingerprint density at radius 2 is 1.75 bits per heavy atom. The first-order chi connectivity index (χ1) is 9.34. The van der Waals surface area contributed by atoms with Gasteiger partial charge in [0.1, 0.15) is 0 Å². The average molecular weight is 276 g/mol. The van der Waals surface area contributed by atoms with E-state index in [9.17, 15) is 5.11 Å². The molecule has 0 amide bonds. The van der Waals surface area contributed by atoms with Gasteiger partial charge in [-0.05, 0) is 30.4 Å². The van der Waals surface area contributed by atoms with Crippen molar-refractivity contribution in [2.45, 2.75) is 40.7 Å². The maximum atomic E-state index is 9.73. The van der Waals surface area contributed by atoms with Gasteiger partial charge in [0, 0.05) is 24.8 Å². The number of aliphatic hydroxyl groups excluding tert-OH is 1. The molecule has 20 heavy (non-hydrogen) atoms. The molecule has 112 valence electrons. The Morgan fingerprint density at radius 1 is 1.15 bits per heavy atom. The van der Waals surface area contributed by atoms with Gasteiger partial charge in [-0.3, -0.25) is 4.90 Å². The zero-order chi connectivity index (χ0) is 14.9. The summed E-state index contributed by atoms with van der Waals surface area (Å²) in [5.41, 5.74) is 4.14. The summed E-state index contributed by atoms with van der Waals surface area (Å²) in [7, 11) is 0. The zero-order valence-corrected chi connectivity index (χ0v) is 13.5. The van der Waals surface area contributed by atoms with Crippen molar-refractivity contribution in [3.05, 3.63) is 29.3 Å². The summed E-state index contributed by atoms with van der Waals surface area (Å²) < 4.78 is 0. The monoisotopic (exact) mass is 276 g/mol. The van der Waals surface area contributed by atoms with E-state index in [1.54, 1.807) is 0 Å². The van der Waals surface area contributed by atoms with Crippen molar-refractivity contribution in [3.8, 4) is 0 Å². The highest BCUT2D eigenvalue weighted by molar-refractivity contribution is 5.59. The third kappa shape index (κ3) is 2.99. The van der Waals surface area contributed by atoms with Crippen LogP contribution in [0.15, 0.2) is 18.2 Å². The molecule has 1 saturated heterocycles. The van der Waals surface area contributed by atoms with E-state index in [4.69, 9.17) is 0 Å². The first-order valence-electron chi connectivity index (χ1n) is 7.50. The molecule has 0 aliphatic carbocycles. The van der Waals surface area contributed by atoms with Crippen molar-refractivity contribution >= 4 is 5.69 Å². The van der Waals surface area contributed by atoms with E-state index in [2.05, 4.69) is 62.6 Å². The number of para-hydroxylation sites is 1. The first-order valence-corrected chi connectivity index (χ1v) is 7.50. The molecule has 0 saturated carbocycles. The molecule has 1 aromatic rings. The first kappa shape index (κ1) is 15.3. The van der Waals surface area contributed by atoms with Gasteiger partial charge in [0.25, 0.3) is 0 Å². The molecule has 1 atom stereocenters. The molecule has 3 nitrogen and oxygen atoms in total. The molecule has 1 aromatic carbocycles. The fourth-order valence-electron chi connectivity index (χ4n) is 3.29. The molecule has 1 heterocycles. The van der Waals surface area contributed by atoms with Crippen LogP contribution in [0.2, 0.25) is 0 Å². The number of hydrogen-bond acceptors (Lipinski definition) is 3. The number of hydrogen-bond donors (Lipinski definition) is 1. The highest BCUT2D eigenvalue weighted by Crippen LogP contribution is 2.30. The molecule has 1 aliphatic rings. The van der Waals surface area contributed by atoms with Crippen molar-refractivity contribution in [1.82, 2.24) is 4.90 Å². The Balaban J connectivity index is 2.17. The zero-order valence-electron chi connectivity index (χ0n) is 13.5. The van der Waals surface area contributed by atoms with Crippen LogP contribution < -0.4 is 4.90 Å². The van der Waals surface area contributed by atoms with Gasteiger partial charge in [-0.2, -0.15) is 0 Å². The minimum Gasteiger partial charge on any atom is -0.395 e. The van der Waals surface area contributed by atoms with Crippen LogP contribution in [0.5, 0.6) is 0 Å². The summed E-state index contributed by atoms with van der Waals surface area (Å²) in [4.78, 5) is 4.85. The lowest BCUT2D eigenvalue weighted by molar-refractivity contribution is 0.0657. The minimum atomic E-state index is 0.103. The normalized spacial score (nSPS) is 18.6. The lowest BCUT2D eigenvalue weighted by Crippen LogP contribution is -2.46. The fraction of sp³-hybridized carbons (Fsp3) is 0.647. The van der Waals surface area contributed by atoms with Crippen molar-refractivity contribution in [1.29, 1.82) is 0 Å². The summed E-state index contributed by atoms with van der Waals surface area (Å²) in [6.07, 6.45) is 0. The topological polar surface area (TPSA) is 26.7 Å². The van der Waals surface area contributed by atoms with Crippen molar-refractivity contribution in [2.75, 3.05) is 31.3 Å². The van der Waals surface area contributed by atoms with E-state index in [-0.39, 0.29) is 18.1 Å². The standard InChI is InChI=1S/C17H28N2O/c1-13-7-6-8-14(2)16(13)19-10-9-18(12-19)15(11-20)17(3,4)5/h6-8,15,20H,9-12H2,1-5H3/t15-/m1/s1. The highest BCUT2D eigenvalue weighted by Gasteiger charge is 2.34. The van der Waals surface area contributed by atoms with Crippen LogP contribution in [0.1, 0.15) is 31.9 Å². The van der Waals surface area contributed by atoms with Crippen LogP contribution in [0.4, 0.5) is 5.69 Å². The maximum Gasteiger partial charge on any atom is 0.0711 e. The highest BCUT2D eigenvalue weighted by atomic mass is 16.3. The predicted octanol–water partition coefficient (Wildman–Crippen LogP) is 2.79. The van der Waals surface area contributed by atoms with Gasteiger partial charge in [-0.25, -0.2) is 0 Å². The number of rotatable bonds is 3. The predicted molar refractivity (Wildman–Crippen MR) is 85.2 cm³/mol. The van der Waals surface area contributed by atoms with Crippen molar-refractivity contribution in [3.63, 3.8) is 0 Å². The average Bonchev–Trinajstić information content (AvgIpc) is 2.77. The minimum absolute atomic E-state index is 0.103. The van der Waals surface area contributed by atoms with E-state index in [0.717, 1.165) is 19.8 Å². The van der Waals surface area contributed by atoms with Crippen LogP contribution >= 0.6 is 0 Å². The summed E-state index contributed by atoms with van der Waals surface area (Å²) in [5, 5.41) is 9.73. The van der Waals surface area contributed by atoms with Crippen LogP contribution in [0, 0.1) is 19.3 Å². The number of aryl methyl sites for hydroxylation is 2.